The quantitative estimate of drug-likeness (QED) is 0.534. The molecule has 1 aromatic heterocycles. The fourth-order valence-electron chi connectivity index (χ4n) is 6.34. The molecule has 3 N–H and O–H groups in total. The number of carbonyl (C=O) groups is 4. The highest BCUT2D eigenvalue weighted by Gasteiger charge is 2.59. The second-order valence-corrected chi connectivity index (χ2v) is 12.3. The van der Waals surface area contributed by atoms with Crippen LogP contribution in [-0.4, -0.2) is 58.2 Å². The lowest BCUT2D eigenvalue weighted by Crippen LogP contribution is -2.55. The Labute approximate surface area is 230 Å². The minimum Gasteiger partial charge on any atom is -0.427 e. The number of benzene rings is 1. The van der Waals surface area contributed by atoms with E-state index in [2.05, 4.69) is 24.5 Å². The zero-order chi connectivity index (χ0) is 27.7. The van der Waals surface area contributed by atoms with Crippen LogP contribution in [0.1, 0.15) is 57.7 Å². The summed E-state index contributed by atoms with van der Waals surface area (Å²) < 4.78 is 5.71. The van der Waals surface area contributed by atoms with Gasteiger partial charge in [0.2, 0.25) is 11.5 Å². The molecule has 2 atom stereocenters. The fraction of sp³-hybridized carbons (Fsp3) is 0.500. The molecule has 2 aromatic rings. The van der Waals surface area contributed by atoms with Crippen molar-refractivity contribution in [2.24, 2.45) is 5.92 Å². The van der Waals surface area contributed by atoms with E-state index in [4.69, 9.17) is 4.74 Å². The van der Waals surface area contributed by atoms with Crippen LogP contribution in [0.25, 0.3) is 0 Å². The second-order valence-electron chi connectivity index (χ2n) is 11.0. The van der Waals surface area contributed by atoms with Gasteiger partial charge in [0.15, 0.2) is 0 Å². The number of carbonyl (C=O) groups excluding carboxylic acids is 4. The van der Waals surface area contributed by atoms with Crippen molar-refractivity contribution in [2.75, 3.05) is 18.9 Å². The first-order chi connectivity index (χ1) is 18.6. The van der Waals surface area contributed by atoms with E-state index in [9.17, 15) is 24.3 Å². The van der Waals surface area contributed by atoms with Crippen LogP contribution in [0.3, 0.4) is 0 Å². The largest absolute Gasteiger partial charge is 0.427 e. The summed E-state index contributed by atoms with van der Waals surface area (Å²) in [6.07, 6.45) is 2.67. The SMILES string of the molecule is CNC(=O)Nc1ccc2c(c1)CC[C@@]21OC(=O)N(CC(=O)N2Cc3sc(C)c(C)c3CC[C@@]2(O)C2CC2)C1=O. The number of amides is 5. The summed E-state index contributed by atoms with van der Waals surface area (Å²) in [4.78, 5) is 56.9. The van der Waals surface area contributed by atoms with Crippen LogP contribution >= 0.6 is 11.3 Å². The number of hydrogen-bond donors (Lipinski definition) is 3. The van der Waals surface area contributed by atoms with Crippen LogP contribution in [0.5, 0.6) is 0 Å². The molecule has 3 heterocycles. The summed E-state index contributed by atoms with van der Waals surface area (Å²) in [7, 11) is 1.52. The van der Waals surface area contributed by atoms with Crippen molar-refractivity contribution in [3.8, 4) is 0 Å². The molecule has 2 fully saturated rings. The number of aliphatic hydroxyl groups is 1. The van der Waals surface area contributed by atoms with Crippen LogP contribution in [0.2, 0.25) is 0 Å². The van der Waals surface area contributed by atoms with Crippen molar-refractivity contribution >= 4 is 41.0 Å². The Balaban J connectivity index is 1.25. The predicted octanol–water partition coefficient (Wildman–Crippen LogP) is 3.31. The minimum atomic E-state index is -1.49. The van der Waals surface area contributed by atoms with Gasteiger partial charge < -0.3 is 25.4 Å². The van der Waals surface area contributed by atoms with Gasteiger partial charge in [-0.1, -0.05) is 6.07 Å². The van der Waals surface area contributed by atoms with Crippen LogP contribution in [0.4, 0.5) is 15.3 Å². The van der Waals surface area contributed by atoms with E-state index in [0.717, 1.165) is 28.2 Å². The third kappa shape index (κ3) is 4.01. The van der Waals surface area contributed by atoms with Crippen molar-refractivity contribution in [3.63, 3.8) is 0 Å². The molecular formula is C28H32N4O6S. The van der Waals surface area contributed by atoms with Crippen LogP contribution < -0.4 is 10.6 Å². The highest BCUT2D eigenvalue weighted by atomic mass is 32.1. The van der Waals surface area contributed by atoms with E-state index < -0.39 is 35.8 Å². The molecule has 206 valence electrons. The average molecular weight is 553 g/mol. The number of hydrogen-bond acceptors (Lipinski definition) is 7. The molecule has 5 amide bonds. The van der Waals surface area contributed by atoms with Gasteiger partial charge in [-0.3, -0.25) is 9.59 Å². The molecule has 0 unspecified atom stereocenters. The van der Waals surface area contributed by atoms with E-state index in [1.807, 2.05) is 0 Å². The summed E-state index contributed by atoms with van der Waals surface area (Å²) in [6, 6.07) is 4.75. The monoisotopic (exact) mass is 552 g/mol. The molecule has 11 heteroatoms. The Kier molecular flexibility index (Phi) is 5.99. The molecule has 1 saturated carbocycles. The second kappa shape index (κ2) is 9.06. The molecule has 6 rings (SSSR count). The lowest BCUT2D eigenvalue weighted by Gasteiger charge is -2.39. The molecule has 4 aliphatic rings. The number of urea groups is 1. The van der Waals surface area contributed by atoms with Gasteiger partial charge in [0.05, 0.1) is 6.54 Å². The molecule has 39 heavy (non-hydrogen) atoms. The number of thiophene rings is 1. The van der Waals surface area contributed by atoms with Crippen LogP contribution in [-0.2, 0) is 39.3 Å². The van der Waals surface area contributed by atoms with Crippen molar-refractivity contribution in [1.82, 2.24) is 15.1 Å². The standard InChI is InChI=1S/C28H32N4O6S/c1-15-16(2)39-22-13-32(28(37,18-4-5-18)11-9-20(15)22)23(33)14-31-24(34)27(38-26(31)36)10-8-17-12-19(6-7-21(17)27)30-25(35)29-3/h6-7,12,18,37H,4-5,8-11,13-14H2,1-3H3,(H2,29,30,35)/t27-,28-/m1/s1. The molecule has 2 aliphatic carbocycles. The lowest BCUT2D eigenvalue weighted by molar-refractivity contribution is -0.170. The zero-order valence-electron chi connectivity index (χ0n) is 22.3. The number of nitrogens with zero attached hydrogens (tertiary/aromatic N) is 2. The summed E-state index contributed by atoms with van der Waals surface area (Å²) in [5.74, 6) is -1.05. The zero-order valence-corrected chi connectivity index (χ0v) is 23.1. The Morgan fingerprint density at radius 3 is 2.67 bits per heavy atom. The highest BCUT2D eigenvalue weighted by Crippen LogP contribution is 2.49. The Morgan fingerprint density at radius 2 is 1.95 bits per heavy atom. The maximum atomic E-state index is 13.8. The van der Waals surface area contributed by atoms with Crippen molar-refractivity contribution < 1.29 is 29.0 Å². The van der Waals surface area contributed by atoms with Crippen molar-refractivity contribution in [3.05, 3.63) is 50.2 Å². The topological polar surface area (TPSA) is 128 Å². The first kappa shape index (κ1) is 25.8. The smallest absolute Gasteiger partial charge is 0.418 e. The van der Waals surface area contributed by atoms with E-state index in [1.54, 1.807) is 29.5 Å². The maximum absolute atomic E-state index is 13.8. The van der Waals surface area contributed by atoms with Gasteiger partial charge in [0.25, 0.3) is 5.91 Å². The number of aryl methyl sites for hydroxylation is 2. The van der Waals surface area contributed by atoms with Crippen LogP contribution in [0.15, 0.2) is 18.2 Å². The average Bonchev–Trinajstić information content (AvgIpc) is 3.64. The van der Waals surface area contributed by atoms with Crippen molar-refractivity contribution in [2.45, 2.75) is 70.2 Å². The third-order valence-corrected chi connectivity index (χ3v) is 10.0. The van der Waals surface area contributed by atoms with Gasteiger partial charge in [-0.15, -0.1) is 11.3 Å². The summed E-state index contributed by atoms with van der Waals surface area (Å²) in [5.41, 5.74) is 1.52. The Bertz CT molecular complexity index is 1420. The predicted molar refractivity (Wildman–Crippen MR) is 143 cm³/mol. The third-order valence-electron chi connectivity index (χ3n) is 8.78. The minimum absolute atomic E-state index is 0.0104. The van der Waals surface area contributed by atoms with Gasteiger partial charge >= 0.3 is 12.1 Å². The molecule has 1 aromatic carbocycles. The van der Waals surface area contributed by atoms with E-state index >= 15 is 0 Å². The molecule has 0 bridgehead atoms. The van der Waals surface area contributed by atoms with Crippen molar-refractivity contribution in [1.29, 1.82) is 0 Å². The van der Waals surface area contributed by atoms with E-state index in [-0.39, 0.29) is 24.9 Å². The van der Waals surface area contributed by atoms with Gasteiger partial charge in [-0.2, -0.15) is 0 Å². The molecule has 2 aliphatic heterocycles. The molecule has 0 radical (unpaired) electrons. The van der Waals surface area contributed by atoms with Gasteiger partial charge in [-0.25, -0.2) is 14.5 Å². The van der Waals surface area contributed by atoms with Gasteiger partial charge in [0, 0.05) is 40.4 Å². The molecule has 1 spiro atoms. The fourth-order valence-corrected chi connectivity index (χ4v) is 7.56. The van der Waals surface area contributed by atoms with E-state index in [1.165, 1.54) is 28.0 Å². The first-order valence-corrected chi connectivity index (χ1v) is 14.2. The number of ether oxygens (including phenoxy) is 1. The number of imide groups is 1. The Hall–Kier alpha value is -3.44. The normalized spacial score (nSPS) is 25.8. The maximum Gasteiger partial charge on any atom is 0.418 e. The molecular weight excluding hydrogens is 520 g/mol. The van der Waals surface area contributed by atoms with Gasteiger partial charge in [0.1, 0.15) is 12.3 Å². The molecule has 10 nitrogen and oxygen atoms in total. The van der Waals surface area contributed by atoms with E-state index in [0.29, 0.717) is 30.5 Å². The highest BCUT2D eigenvalue weighted by molar-refractivity contribution is 7.12. The number of rotatable bonds is 4. The summed E-state index contributed by atoms with van der Waals surface area (Å²) >= 11 is 1.63. The number of fused-ring (bicyclic) bond motifs is 3. The summed E-state index contributed by atoms with van der Waals surface area (Å²) in [6.45, 7) is 3.91. The first-order valence-electron chi connectivity index (χ1n) is 13.3. The lowest BCUT2D eigenvalue weighted by atomic mass is 9.94. The van der Waals surface area contributed by atoms with Gasteiger partial charge in [-0.05, 0) is 74.8 Å². The molecule has 1 saturated heterocycles. The summed E-state index contributed by atoms with van der Waals surface area (Å²) in [5, 5.41) is 17.0. The number of nitrogens with one attached hydrogen (secondary N) is 2. The van der Waals surface area contributed by atoms with Crippen LogP contribution in [0, 0.1) is 19.8 Å². The Morgan fingerprint density at radius 1 is 1.18 bits per heavy atom. The number of anilines is 1.